The minimum absolute atomic E-state index is 0.0304. The number of carbonyl (C=O) groups excluding carboxylic acids is 2. The minimum Gasteiger partial charge on any atom is -0.462 e. The molecule has 0 atom stereocenters. The second-order valence-electron chi connectivity index (χ2n) is 7.93. The standard InChI is InChI=1S/C23H24FN3O5S2/c1-3-32-22(29)16-4-9-19-20(14-16)33-23(26(19)2)25-21(28)15-10-12-27(13-11-15)34(30,31)18-7-5-17(24)6-8-18/h4-9,14-15H,3,10-13H2,1-2H3. The van der Waals surface area contributed by atoms with E-state index in [9.17, 15) is 22.4 Å². The van der Waals surface area contributed by atoms with Gasteiger partial charge in [0, 0.05) is 26.1 Å². The van der Waals surface area contributed by atoms with Gasteiger partial charge in [-0.15, -0.1) is 0 Å². The summed E-state index contributed by atoms with van der Waals surface area (Å²) in [6.07, 6.45) is 0.703. The first kappa shape index (κ1) is 24.2. The molecule has 1 fully saturated rings. The Bertz CT molecular complexity index is 1400. The molecule has 11 heteroatoms. The zero-order chi connectivity index (χ0) is 24.5. The van der Waals surface area contributed by atoms with Gasteiger partial charge < -0.3 is 9.30 Å². The summed E-state index contributed by atoms with van der Waals surface area (Å²) in [5, 5.41) is 0. The summed E-state index contributed by atoms with van der Waals surface area (Å²) in [6.45, 7) is 2.40. The zero-order valence-corrected chi connectivity index (χ0v) is 20.4. The molecule has 0 unspecified atom stereocenters. The Kier molecular flexibility index (Phi) is 6.96. The van der Waals surface area contributed by atoms with Crippen LogP contribution < -0.4 is 4.80 Å². The SMILES string of the molecule is CCOC(=O)c1ccc2c(c1)sc(=NC(=O)C1CCN(S(=O)(=O)c3ccc(F)cc3)CC1)n2C. The number of hydrogen-bond donors (Lipinski definition) is 0. The second-order valence-corrected chi connectivity index (χ2v) is 10.9. The van der Waals surface area contributed by atoms with Crippen molar-refractivity contribution in [1.29, 1.82) is 0 Å². The van der Waals surface area contributed by atoms with E-state index < -0.39 is 21.8 Å². The molecule has 0 radical (unpaired) electrons. The Morgan fingerprint density at radius 2 is 1.82 bits per heavy atom. The number of halogens is 1. The van der Waals surface area contributed by atoms with Crippen LogP contribution in [-0.4, -0.2) is 48.9 Å². The normalized spacial score (nSPS) is 16.1. The number of fused-ring (bicyclic) bond motifs is 1. The van der Waals surface area contributed by atoms with E-state index in [4.69, 9.17) is 4.74 Å². The van der Waals surface area contributed by atoms with E-state index in [0.717, 1.165) is 22.3 Å². The average molecular weight is 506 g/mol. The Hall–Kier alpha value is -2.89. The number of ether oxygens (including phenoxy) is 1. The fourth-order valence-electron chi connectivity index (χ4n) is 3.87. The minimum atomic E-state index is -3.74. The number of carbonyl (C=O) groups is 2. The number of aromatic nitrogens is 1. The highest BCUT2D eigenvalue weighted by molar-refractivity contribution is 7.89. The fourth-order valence-corrected chi connectivity index (χ4v) is 6.40. The summed E-state index contributed by atoms with van der Waals surface area (Å²) >= 11 is 1.30. The second kappa shape index (κ2) is 9.77. The fraction of sp³-hybridized carbons (Fsp3) is 0.348. The van der Waals surface area contributed by atoms with E-state index in [0.29, 0.717) is 23.2 Å². The molecule has 2 heterocycles. The lowest BCUT2D eigenvalue weighted by molar-refractivity contribution is -0.122. The van der Waals surface area contributed by atoms with Gasteiger partial charge in [0.25, 0.3) is 5.91 Å². The third-order valence-corrected chi connectivity index (χ3v) is 8.79. The Morgan fingerprint density at radius 1 is 1.15 bits per heavy atom. The molecule has 1 aromatic heterocycles. The van der Waals surface area contributed by atoms with Crippen LogP contribution in [-0.2, 0) is 26.6 Å². The van der Waals surface area contributed by atoms with Crippen LogP contribution in [0.5, 0.6) is 0 Å². The molecule has 0 saturated carbocycles. The maximum atomic E-state index is 13.1. The molecule has 1 amide bonds. The average Bonchev–Trinajstić information content (AvgIpc) is 3.14. The number of sulfonamides is 1. The monoisotopic (exact) mass is 505 g/mol. The summed E-state index contributed by atoms with van der Waals surface area (Å²) in [5.41, 5.74) is 1.27. The van der Waals surface area contributed by atoms with Crippen LogP contribution in [0.1, 0.15) is 30.1 Å². The number of piperidine rings is 1. The van der Waals surface area contributed by atoms with Gasteiger partial charge in [-0.2, -0.15) is 9.30 Å². The molecular formula is C23H24FN3O5S2. The first-order valence-electron chi connectivity index (χ1n) is 10.8. The maximum absolute atomic E-state index is 13.1. The third-order valence-electron chi connectivity index (χ3n) is 5.78. The van der Waals surface area contributed by atoms with Crippen molar-refractivity contribution in [2.45, 2.75) is 24.7 Å². The van der Waals surface area contributed by atoms with Gasteiger partial charge in [0.15, 0.2) is 4.80 Å². The predicted molar refractivity (Wildman–Crippen MR) is 125 cm³/mol. The number of nitrogens with zero attached hydrogens (tertiary/aromatic N) is 3. The zero-order valence-electron chi connectivity index (χ0n) is 18.7. The molecule has 1 aliphatic rings. The number of aryl methyl sites for hydroxylation is 1. The van der Waals surface area contributed by atoms with Crippen LogP contribution in [0.25, 0.3) is 10.2 Å². The van der Waals surface area contributed by atoms with Crippen molar-refractivity contribution < 1.29 is 27.1 Å². The summed E-state index contributed by atoms with van der Waals surface area (Å²) < 4.78 is 47.7. The van der Waals surface area contributed by atoms with E-state index in [1.165, 1.54) is 27.8 Å². The first-order valence-corrected chi connectivity index (χ1v) is 13.1. The lowest BCUT2D eigenvalue weighted by Gasteiger charge is -2.29. The number of amides is 1. The molecular weight excluding hydrogens is 481 g/mol. The van der Waals surface area contributed by atoms with Crippen LogP contribution >= 0.6 is 11.3 Å². The maximum Gasteiger partial charge on any atom is 0.338 e. The highest BCUT2D eigenvalue weighted by atomic mass is 32.2. The summed E-state index contributed by atoms with van der Waals surface area (Å²) in [5.74, 6) is -1.60. The summed E-state index contributed by atoms with van der Waals surface area (Å²) in [7, 11) is -1.94. The van der Waals surface area contributed by atoms with Gasteiger partial charge >= 0.3 is 5.97 Å². The van der Waals surface area contributed by atoms with Gasteiger partial charge in [-0.1, -0.05) is 11.3 Å². The molecule has 1 saturated heterocycles. The van der Waals surface area contributed by atoms with E-state index in [1.807, 2.05) is 0 Å². The van der Waals surface area contributed by atoms with Gasteiger partial charge in [0.1, 0.15) is 5.82 Å². The van der Waals surface area contributed by atoms with Crippen molar-refractivity contribution in [2.75, 3.05) is 19.7 Å². The van der Waals surface area contributed by atoms with Gasteiger partial charge in [-0.25, -0.2) is 17.6 Å². The first-order chi connectivity index (χ1) is 16.2. The molecule has 0 aliphatic carbocycles. The van der Waals surface area contributed by atoms with Gasteiger partial charge in [0.05, 0.1) is 27.3 Å². The molecule has 1 aliphatic heterocycles. The molecule has 0 spiro atoms. The molecule has 0 N–H and O–H groups in total. The third kappa shape index (κ3) is 4.82. The molecule has 2 aromatic carbocycles. The summed E-state index contributed by atoms with van der Waals surface area (Å²) in [4.78, 5) is 29.7. The quantitative estimate of drug-likeness (QED) is 0.497. The van der Waals surface area contributed by atoms with Crippen molar-refractivity contribution in [2.24, 2.45) is 18.0 Å². The smallest absolute Gasteiger partial charge is 0.338 e. The lowest BCUT2D eigenvalue weighted by Crippen LogP contribution is -2.40. The molecule has 4 rings (SSSR count). The lowest BCUT2D eigenvalue weighted by atomic mass is 9.98. The Labute approximate surface area is 200 Å². The van der Waals surface area contributed by atoms with Crippen LogP contribution in [0.15, 0.2) is 52.4 Å². The predicted octanol–water partition coefficient (Wildman–Crippen LogP) is 3.08. The van der Waals surface area contributed by atoms with Crippen LogP contribution in [0.2, 0.25) is 0 Å². The van der Waals surface area contributed by atoms with Crippen molar-refractivity contribution in [3.05, 3.63) is 58.6 Å². The van der Waals surface area contributed by atoms with E-state index in [1.54, 1.807) is 36.7 Å². The molecule has 180 valence electrons. The molecule has 8 nitrogen and oxygen atoms in total. The van der Waals surface area contributed by atoms with Crippen molar-refractivity contribution in [3.8, 4) is 0 Å². The molecule has 34 heavy (non-hydrogen) atoms. The topological polar surface area (TPSA) is 98.0 Å². The van der Waals surface area contributed by atoms with Crippen molar-refractivity contribution in [3.63, 3.8) is 0 Å². The molecule has 3 aromatic rings. The summed E-state index contributed by atoms with van der Waals surface area (Å²) in [6, 6.07) is 9.90. The van der Waals surface area contributed by atoms with Gasteiger partial charge in [-0.05, 0) is 62.2 Å². The van der Waals surface area contributed by atoms with Gasteiger partial charge in [0.2, 0.25) is 10.0 Å². The van der Waals surface area contributed by atoms with Crippen molar-refractivity contribution >= 4 is 43.5 Å². The number of benzene rings is 2. The highest BCUT2D eigenvalue weighted by Gasteiger charge is 2.32. The number of rotatable bonds is 5. The van der Waals surface area contributed by atoms with E-state index in [-0.39, 0.29) is 36.4 Å². The van der Waals surface area contributed by atoms with Crippen LogP contribution in [0.3, 0.4) is 0 Å². The number of thiazole rings is 1. The van der Waals surface area contributed by atoms with E-state index in [2.05, 4.69) is 4.99 Å². The molecule has 0 bridgehead atoms. The number of hydrogen-bond acceptors (Lipinski definition) is 6. The van der Waals surface area contributed by atoms with Gasteiger partial charge in [-0.3, -0.25) is 4.79 Å². The largest absolute Gasteiger partial charge is 0.462 e. The van der Waals surface area contributed by atoms with E-state index >= 15 is 0 Å². The van der Waals surface area contributed by atoms with Crippen LogP contribution in [0.4, 0.5) is 4.39 Å². The highest BCUT2D eigenvalue weighted by Crippen LogP contribution is 2.25. The number of esters is 1. The van der Waals surface area contributed by atoms with Crippen molar-refractivity contribution in [1.82, 2.24) is 8.87 Å². The Morgan fingerprint density at radius 3 is 2.47 bits per heavy atom. The van der Waals surface area contributed by atoms with Crippen LogP contribution in [0, 0.1) is 11.7 Å². The Balaban J connectivity index is 1.49.